The fraction of sp³-hybridized carbons (Fsp3) is 0.200. The summed E-state index contributed by atoms with van der Waals surface area (Å²) in [7, 11) is 1.54. The Morgan fingerprint density at radius 3 is 2.39 bits per heavy atom. The molecule has 0 aliphatic carbocycles. The van der Waals surface area contributed by atoms with Crippen LogP contribution in [0.15, 0.2) is 72.8 Å². The third-order valence-corrected chi connectivity index (χ3v) is 6.06. The number of likely N-dealkylation sites (tertiary alicyclic amines) is 1. The molecule has 1 heterocycles. The van der Waals surface area contributed by atoms with Crippen LogP contribution in [0.4, 0.5) is 0 Å². The molecular weight excluding hydrogens is 414 g/mol. The molecule has 1 aliphatic rings. The minimum atomic E-state index is -1.02. The predicted octanol–water partition coefficient (Wildman–Crippen LogP) is 5.45. The number of carboxylic acids is 1. The van der Waals surface area contributed by atoms with Crippen molar-refractivity contribution in [3.63, 3.8) is 0 Å². The lowest BCUT2D eigenvalue weighted by Crippen LogP contribution is -2.42. The first kappa shape index (κ1) is 20.9. The van der Waals surface area contributed by atoms with E-state index in [4.69, 9.17) is 16.3 Å². The van der Waals surface area contributed by atoms with E-state index in [2.05, 4.69) is 0 Å². The molecule has 1 N–H and O–H groups in total. The number of carbonyl (C=O) groups excluding carboxylic acids is 1. The lowest BCUT2D eigenvalue weighted by atomic mass is 9.97. The number of aliphatic carboxylic acids is 1. The third kappa shape index (κ3) is 4.01. The maximum Gasteiger partial charge on any atom is 0.326 e. The van der Waals surface area contributed by atoms with Crippen molar-refractivity contribution in [2.75, 3.05) is 7.11 Å². The van der Waals surface area contributed by atoms with Crippen LogP contribution >= 0.6 is 11.6 Å². The molecule has 2 atom stereocenters. The molecule has 1 amide bonds. The smallest absolute Gasteiger partial charge is 0.326 e. The quantitative estimate of drug-likeness (QED) is 0.579. The van der Waals surface area contributed by atoms with Crippen molar-refractivity contribution < 1.29 is 19.4 Å². The lowest BCUT2D eigenvalue weighted by Gasteiger charge is -2.30. The molecule has 1 fully saturated rings. The van der Waals surface area contributed by atoms with E-state index in [0.717, 1.165) is 16.7 Å². The minimum absolute atomic E-state index is 0.354. The molecule has 3 aromatic rings. The van der Waals surface area contributed by atoms with Crippen molar-refractivity contribution in [2.24, 2.45) is 0 Å². The number of methoxy groups -OCH3 is 1. The van der Waals surface area contributed by atoms with Crippen LogP contribution in [-0.2, 0) is 4.79 Å². The van der Waals surface area contributed by atoms with Crippen molar-refractivity contribution >= 4 is 23.5 Å². The number of hydrogen-bond donors (Lipinski definition) is 1. The van der Waals surface area contributed by atoms with Gasteiger partial charge in [0.05, 0.1) is 18.7 Å². The summed E-state index contributed by atoms with van der Waals surface area (Å²) < 4.78 is 5.36. The molecule has 31 heavy (non-hydrogen) atoms. The summed E-state index contributed by atoms with van der Waals surface area (Å²) in [6.07, 6.45) is 0.888. The lowest BCUT2D eigenvalue weighted by molar-refractivity contribution is -0.141. The number of halogens is 1. The van der Waals surface area contributed by atoms with Gasteiger partial charge < -0.3 is 14.7 Å². The summed E-state index contributed by atoms with van der Waals surface area (Å²) in [6, 6.07) is 20.8. The molecular formula is C25H22ClNO4. The van der Waals surface area contributed by atoms with Gasteiger partial charge in [-0.2, -0.15) is 0 Å². The second-order valence-corrected chi connectivity index (χ2v) is 7.87. The summed E-state index contributed by atoms with van der Waals surface area (Å²) in [6.45, 7) is 0. The van der Waals surface area contributed by atoms with Gasteiger partial charge >= 0.3 is 5.97 Å². The van der Waals surface area contributed by atoms with E-state index in [1.165, 1.54) is 12.0 Å². The topological polar surface area (TPSA) is 66.8 Å². The van der Waals surface area contributed by atoms with E-state index in [0.29, 0.717) is 29.2 Å². The number of ether oxygens (including phenoxy) is 1. The summed E-state index contributed by atoms with van der Waals surface area (Å²) >= 11 is 6.42. The van der Waals surface area contributed by atoms with Gasteiger partial charge in [-0.1, -0.05) is 60.1 Å². The molecule has 0 saturated carbocycles. The van der Waals surface area contributed by atoms with Crippen molar-refractivity contribution in [1.82, 2.24) is 4.90 Å². The van der Waals surface area contributed by atoms with E-state index < -0.39 is 18.1 Å². The molecule has 5 nitrogen and oxygen atoms in total. The Balaban J connectivity index is 1.84. The maximum atomic E-state index is 13.9. The SMILES string of the molecule is COc1ccc(-c2ccccc2)c(C(=O)N2C(C(=O)O)CCC2c2ccccc2Cl)c1. The van der Waals surface area contributed by atoms with Gasteiger partial charge in [0, 0.05) is 5.02 Å². The van der Waals surface area contributed by atoms with E-state index >= 15 is 0 Å². The largest absolute Gasteiger partial charge is 0.497 e. The molecule has 1 aliphatic heterocycles. The van der Waals surface area contributed by atoms with E-state index in [-0.39, 0.29) is 5.91 Å². The Kier molecular flexibility index (Phi) is 5.96. The molecule has 0 radical (unpaired) electrons. The van der Waals surface area contributed by atoms with Gasteiger partial charge in [0.15, 0.2) is 0 Å². The van der Waals surface area contributed by atoms with Gasteiger partial charge in [0.25, 0.3) is 5.91 Å². The Morgan fingerprint density at radius 2 is 1.71 bits per heavy atom. The summed E-state index contributed by atoms with van der Waals surface area (Å²) in [5.74, 6) is -0.844. The number of amides is 1. The summed E-state index contributed by atoms with van der Waals surface area (Å²) in [5, 5.41) is 10.4. The molecule has 158 valence electrons. The molecule has 4 rings (SSSR count). The number of nitrogens with zero attached hydrogens (tertiary/aromatic N) is 1. The van der Waals surface area contributed by atoms with Gasteiger partial charge in [-0.05, 0) is 53.8 Å². The normalized spacial score (nSPS) is 18.1. The Morgan fingerprint density at radius 1 is 1.00 bits per heavy atom. The Hall–Kier alpha value is -3.31. The van der Waals surface area contributed by atoms with Gasteiger partial charge in [0.2, 0.25) is 0 Å². The van der Waals surface area contributed by atoms with Crippen LogP contribution < -0.4 is 4.74 Å². The van der Waals surface area contributed by atoms with Crippen molar-refractivity contribution in [3.05, 3.63) is 88.9 Å². The molecule has 0 bridgehead atoms. The highest BCUT2D eigenvalue weighted by molar-refractivity contribution is 6.31. The zero-order chi connectivity index (χ0) is 22.0. The van der Waals surface area contributed by atoms with E-state index in [1.54, 1.807) is 18.2 Å². The van der Waals surface area contributed by atoms with Gasteiger partial charge in [-0.15, -0.1) is 0 Å². The number of carboxylic acid groups (broad SMARTS) is 1. The van der Waals surface area contributed by atoms with E-state index in [9.17, 15) is 14.7 Å². The van der Waals surface area contributed by atoms with Crippen LogP contribution in [0, 0.1) is 0 Å². The number of hydrogen-bond acceptors (Lipinski definition) is 3. The van der Waals surface area contributed by atoms with Gasteiger partial charge in [-0.25, -0.2) is 4.79 Å². The molecule has 6 heteroatoms. The zero-order valence-corrected chi connectivity index (χ0v) is 17.8. The first-order valence-corrected chi connectivity index (χ1v) is 10.4. The molecule has 0 aromatic heterocycles. The Bertz CT molecular complexity index is 1120. The van der Waals surface area contributed by atoms with Crippen molar-refractivity contribution in [2.45, 2.75) is 24.9 Å². The van der Waals surface area contributed by atoms with Crippen LogP contribution in [0.2, 0.25) is 5.02 Å². The highest BCUT2D eigenvalue weighted by Gasteiger charge is 2.43. The predicted molar refractivity (Wildman–Crippen MR) is 119 cm³/mol. The van der Waals surface area contributed by atoms with E-state index in [1.807, 2.05) is 54.6 Å². The summed E-state index contributed by atoms with van der Waals surface area (Å²) in [5.41, 5.74) is 2.75. The highest BCUT2D eigenvalue weighted by Crippen LogP contribution is 2.41. The second-order valence-electron chi connectivity index (χ2n) is 7.46. The fourth-order valence-corrected chi connectivity index (χ4v) is 4.48. The third-order valence-electron chi connectivity index (χ3n) is 5.71. The van der Waals surface area contributed by atoms with Gasteiger partial charge in [-0.3, -0.25) is 4.79 Å². The fourth-order valence-electron chi connectivity index (χ4n) is 4.22. The average Bonchev–Trinajstić information content (AvgIpc) is 3.24. The molecule has 3 aromatic carbocycles. The van der Waals surface area contributed by atoms with Crippen LogP contribution in [0.5, 0.6) is 5.75 Å². The van der Waals surface area contributed by atoms with Crippen LogP contribution in [0.25, 0.3) is 11.1 Å². The molecule has 2 unspecified atom stereocenters. The highest BCUT2D eigenvalue weighted by atomic mass is 35.5. The Labute approximate surface area is 185 Å². The monoisotopic (exact) mass is 435 g/mol. The molecule has 0 spiro atoms. The van der Waals surface area contributed by atoms with Crippen molar-refractivity contribution in [1.29, 1.82) is 0 Å². The van der Waals surface area contributed by atoms with Crippen LogP contribution in [-0.4, -0.2) is 35.0 Å². The molecule has 1 saturated heterocycles. The standard InChI is InChI=1S/C25H22ClNO4/c1-31-17-11-12-18(16-7-3-2-4-8-16)20(15-17)24(28)27-22(13-14-23(27)25(29)30)19-9-5-6-10-21(19)26/h2-12,15,22-23H,13-14H2,1H3,(H,29,30). The minimum Gasteiger partial charge on any atom is -0.497 e. The van der Waals surface area contributed by atoms with Gasteiger partial charge in [0.1, 0.15) is 11.8 Å². The summed E-state index contributed by atoms with van der Waals surface area (Å²) in [4.78, 5) is 27.4. The second kappa shape index (κ2) is 8.82. The first-order valence-electron chi connectivity index (χ1n) is 10.0. The maximum absolute atomic E-state index is 13.9. The number of rotatable bonds is 5. The van der Waals surface area contributed by atoms with Crippen LogP contribution in [0.3, 0.4) is 0 Å². The average molecular weight is 436 g/mol. The number of benzene rings is 3. The van der Waals surface area contributed by atoms with Crippen LogP contribution in [0.1, 0.15) is 34.8 Å². The number of carbonyl (C=O) groups is 2. The zero-order valence-electron chi connectivity index (χ0n) is 17.0. The van der Waals surface area contributed by atoms with Crippen molar-refractivity contribution in [3.8, 4) is 16.9 Å². The first-order chi connectivity index (χ1) is 15.0.